The van der Waals surface area contributed by atoms with E-state index in [0.717, 1.165) is 25.3 Å². The molecule has 1 atom stereocenters. The van der Waals surface area contributed by atoms with Crippen LogP contribution in [0.4, 0.5) is 5.82 Å². The lowest BCUT2D eigenvalue weighted by Gasteiger charge is -2.32. The van der Waals surface area contributed by atoms with Crippen molar-refractivity contribution in [2.75, 3.05) is 18.0 Å². The fourth-order valence-electron chi connectivity index (χ4n) is 2.93. The fourth-order valence-corrected chi connectivity index (χ4v) is 4.04. The van der Waals surface area contributed by atoms with Crippen molar-refractivity contribution in [1.82, 2.24) is 15.0 Å². The third kappa shape index (κ3) is 4.04. The third-order valence-corrected chi connectivity index (χ3v) is 5.21. The molecule has 6 heteroatoms. The van der Waals surface area contributed by atoms with Crippen molar-refractivity contribution in [3.63, 3.8) is 0 Å². The van der Waals surface area contributed by atoms with Gasteiger partial charge in [-0.05, 0) is 32.6 Å². The molecule has 130 valence electrons. The number of hydrogen-bond donors (Lipinski definition) is 0. The molecule has 24 heavy (non-hydrogen) atoms. The lowest BCUT2D eigenvalue weighted by Crippen LogP contribution is -2.35. The minimum Gasteiger partial charge on any atom is -0.474 e. The molecular weight excluding hydrogens is 320 g/mol. The highest BCUT2D eigenvalue weighted by atomic mass is 32.1. The number of thiazole rings is 1. The zero-order valence-corrected chi connectivity index (χ0v) is 15.7. The van der Waals surface area contributed by atoms with Crippen molar-refractivity contribution in [2.24, 2.45) is 0 Å². The van der Waals surface area contributed by atoms with Crippen LogP contribution in [-0.2, 0) is 0 Å². The molecule has 2 aromatic heterocycles. The van der Waals surface area contributed by atoms with Gasteiger partial charge in [0, 0.05) is 24.4 Å². The first-order valence-electron chi connectivity index (χ1n) is 8.72. The summed E-state index contributed by atoms with van der Waals surface area (Å²) < 4.78 is 5.68. The van der Waals surface area contributed by atoms with E-state index in [2.05, 4.69) is 34.1 Å². The predicted octanol–water partition coefficient (Wildman–Crippen LogP) is 4.23. The largest absolute Gasteiger partial charge is 0.474 e. The van der Waals surface area contributed by atoms with E-state index in [-0.39, 0.29) is 6.10 Å². The Morgan fingerprint density at radius 3 is 2.75 bits per heavy atom. The molecular formula is C18H26N4OS. The summed E-state index contributed by atoms with van der Waals surface area (Å²) in [5.74, 6) is 2.47. The van der Waals surface area contributed by atoms with E-state index in [9.17, 15) is 0 Å². The maximum Gasteiger partial charge on any atom is 0.234 e. The monoisotopic (exact) mass is 346 g/mol. The van der Waals surface area contributed by atoms with Crippen LogP contribution in [0, 0.1) is 0 Å². The Bertz CT molecular complexity index is 671. The van der Waals surface area contributed by atoms with Crippen LogP contribution in [0.25, 0.3) is 0 Å². The summed E-state index contributed by atoms with van der Waals surface area (Å²) in [6.07, 6.45) is 5.96. The standard InChI is InChI=1S/C18H26N4OS/c1-12(2)15-11-24-18(20-15)14-6-5-7-22(10-14)16-8-19-9-17(21-16)23-13(3)4/h8-9,11-14H,5-7,10H2,1-4H3. The molecule has 1 aliphatic heterocycles. The minimum atomic E-state index is 0.105. The summed E-state index contributed by atoms with van der Waals surface area (Å²) in [6, 6.07) is 0. The van der Waals surface area contributed by atoms with E-state index in [1.165, 1.54) is 17.1 Å². The topological polar surface area (TPSA) is 51.1 Å². The van der Waals surface area contributed by atoms with Crippen LogP contribution in [0.3, 0.4) is 0 Å². The molecule has 3 heterocycles. The average molecular weight is 346 g/mol. The number of hydrogen-bond acceptors (Lipinski definition) is 6. The minimum absolute atomic E-state index is 0.105. The molecule has 1 saturated heterocycles. The summed E-state index contributed by atoms with van der Waals surface area (Å²) >= 11 is 1.79. The zero-order valence-electron chi connectivity index (χ0n) is 14.9. The molecule has 0 spiro atoms. The van der Waals surface area contributed by atoms with Gasteiger partial charge >= 0.3 is 0 Å². The van der Waals surface area contributed by atoms with Gasteiger partial charge in [0.1, 0.15) is 0 Å². The normalized spacial score (nSPS) is 18.4. The number of nitrogens with zero attached hydrogens (tertiary/aromatic N) is 4. The van der Waals surface area contributed by atoms with Gasteiger partial charge in [-0.15, -0.1) is 11.3 Å². The van der Waals surface area contributed by atoms with Crippen LogP contribution < -0.4 is 9.64 Å². The van der Waals surface area contributed by atoms with Gasteiger partial charge in [-0.3, -0.25) is 4.98 Å². The van der Waals surface area contributed by atoms with Gasteiger partial charge in [-0.1, -0.05) is 13.8 Å². The van der Waals surface area contributed by atoms with Gasteiger partial charge in [0.2, 0.25) is 5.88 Å². The smallest absolute Gasteiger partial charge is 0.234 e. The number of ether oxygens (including phenoxy) is 1. The average Bonchev–Trinajstić information content (AvgIpc) is 3.05. The fraction of sp³-hybridized carbons (Fsp3) is 0.611. The summed E-state index contributed by atoms with van der Waals surface area (Å²) in [4.78, 5) is 16.1. The second kappa shape index (κ2) is 7.47. The first-order chi connectivity index (χ1) is 11.5. The molecule has 0 bridgehead atoms. The SMILES string of the molecule is CC(C)Oc1cncc(N2CCCC(c3nc(C(C)C)cs3)C2)n1. The molecule has 0 N–H and O–H groups in total. The maximum absolute atomic E-state index is 5.68. The molecule has 0 saturated carbocycles. The summed E-state index contributed by atoms with van der Waals surface area (Å²) in [6.45, 7) is 10.4. The highest BCUT2D eigenvalue weighted by Crippen LogP contribution is 2.32. The molecule has 3 rings (SSSR count). The van der Waals surface area contributed by atoms with Crippen LogP contribution in [-0.4, -0.2) is 34.1 Å². The highest BCUT2D eigenvalue weighted by Gasteiger charge is 2.25. The van der Waals surface area contributed by atoms with Crippen molar-refractivity contribution in [2.45, 2.75) is 58.5 Å². The van der Waals surface area contributed by atoms with Crippen LogP contribution >= 0.6 is 11.3 Å². The Balaban J connectivity index is 1.73. The molecule has 0 aliphatic carbocycles. The van der Waals surface area contributed by atoms with Crippen molar-refractivity contribution < 1.29 is 4.74 Å². The molecule has 0 radical (unpaired) electrons. The van der Waals surface area contributed by atoms with E-state index in [4.69, 9.17) is 9.72 Å². The van der Waals surface area contributed by atoms with E-state index in [0.29, 0.717) is 17.7 Å². The molecule has 0 amide bonds. The Hall–Kier alpha value is -1.69. The lowest BCUT2D eigenvalue weighted by atomic mass is 9.98. The number of rotatable bonds is 5. The first kappa shape index (κ1) is 17.1. The van der Waals surface area contributed by atoms with Crippen LogP contribution in [0.15, 0.2) is 17.8 Å². The van der Waals surface area contributed by atoms with Crippen molar-refractivity contribution >= 4 is 17.2 Å². The van der Waals surface area contributed by atoms with E-state index >= 15 is 0 Å². The van der Waals surface area contributed by atoms with Gasteiger partial charge in [0.25, 0.3) is 0 Å². The van der Waals surface area contributed by atoms with Crippen LogP contribution in [0.5, 0.6) is 5.88 Å². The molecule has 1 fully saturated rings. The Labute approximate surface area is 148 Å². The van der Waals surface area contributed by atoms with E-state index in [1.54, 1.807) is 17.5 Å². The molecule has 1 aliphatic rings. The number of piperidine rings is 1. The molecule has 1 unspecified atom stereocenters. The quantitative estimate of drug-likeness (QED) is 0.811. The van der Waals surface area contributed by atoms with E-state index in [1.807, 2.05) is 20.0 Å². The molecule has 2 aromatic rings. The Morgan fingerprint density at radius 2 is 2.04 bits per heavy atom. The molecule has 5 nitrogen and oxygen atoms in total. The summed E-state index contributed by atoms with van der Waals surface area (Å²) in [5.41, 5.74) is 1.21. The lowest BCUT2D eigenvalue weighted by molar-refractivity contribution is 0.231. The van der Waals surface area contributed by atoms with Crippen LogP contribution in [0.2, 0.25) is 0 Å². The third-order valence-electron chi connectivity index (χ3n) is 4.18. The Morgan fingerprint density at radius 1 is 1.21 bits per heavy atom. The zero-order chi connectivity index (χ0) is 17.1. The highest BCUT2D eigenvalue weighted by molar-refractivity contribution is 7.09. The first-order valence-corrected chi connectivity index (χ1v) is 9.60. The van der Waals surface area contributed by atoms with E-state index < -0.39 is 0 Å². The van der Waals surface area contributed by atoms with Gasteiger partial charge in [0.15, 0.2) is 5.82 Å². The summed E-state index contributed by atoms with van der Waals surface area (Å²) in [5, 5.41) is 3.46. The molecule has 0 aromatic carbocycles. The van der Waals surface area contributed by atoms with Gasteiger partial charge in [-0.25, -0.2) is 4.98 Å². The van der Waals surface area contributed by atoms with Crippen LogP contribution in [0.1, 0.15) is 63.1 Å². The van der Waals surface area contributed by atoms with Crippen molar-refractivity contribution in [3.05, 3.63) is 28.5 Å². The predicted molar refractivity (Wildman–Crippen MR) is 98.2 cm³/mol. The Kier molecular flexibility index (Phi) is 5.33. The second-order valence-electron chi connectivity index (χ2n) is 6.93. The van der Waals surface area contributed by atoms with Crippen molar-refractivity contribution in [3.8, 4) is 5.88 Å². The maximum atomic E-state index is 5.68. The number of aromatic nitrogens is 3. The van der Waals surface area contributed by atoms with Gasteiger partial charge < -0.3 is 9.64 Å². The number of anilines is 1. The summed E-state index contributed by atoms with van der Waals surface area (Å²) in [7, 11) is 0. The van der Waals surface area contributed by atoms with Crippen molar-refractivity contribution in [1.29, 1.82) is 0 Å². The van der Waals surface area contributed by atoms with Gasteiger partial charge in [0.05, 0.1) is 29.2 Å². The second-order valence-corrected chi connectivity index (χ2v) is 7.82. The van der Waals surface area contributed by atoms with Gasteiger partial charge in [-0.2, -0.15) is 4.98 Å².